The van der Waals surface area contributed by atoms with Crippen molar-refractivity contribution in [1.29, 1.82) is 0 Å². The van der Waals surface area contributed by atoms with Crippen molar-refractivity contribution < 1.29 is 5.11 Å². The van der Waals surface area contributed by atoms with Gasteiger partial charge in [0.15, 0.2) is 0 Å². The summed E-state index contributed by atoms with van der Waals surface area (Å²) in [5.41, 5.74) is 1.28. The number of aryl methyl sites for hydroxylation is 2. The fraction of sp³-hybridized carbons (Fsp3) is 0.600. The minimum absolute atomic E-state index is 0.171. The maximum Gasteiger partial charge on any atom is 0.141 e. The summed E-state index contributed by atoms with van der Waals surface area (Å²) in [4.78, 5) is 13.6. The SMILES string of the molecule is Cc1sc2ncnc(N(CCO)C3CCCC3)c2c1C. The van der Waals surface area contributed by atoms with E-state index in [-0.39, 0.29) is 6.61 Å². The molecule has 1 aliphatic rings. The van der Waals surface area contributed by atoms with Crippen LogP contribution in [0, 0.1) is 13.8 Å². The molecule has 0 aliphatic heterocycles. The second-order valence-corrected chi connectivity index (χ2v) is 6.72. The molecule has 0 bridgehead atoms. The third kappa shape index (κ3) is 2.29. The van der Waals surface area contributed by atoms with Crippen molar-refractivity contribution in [3.8, 4) is 0 Å². The first kappa shape index (κ1) is 13.8. The van der Waals surface area contributed by atoms with E-state index in [1.165, 1.54) is 41.5 Å². The lowest BCUT2D eigenvalue weighted by atomic mass is 10.1. The highest BCUT2D eigenvalue weighted by molar-refractivity contribution is 7.18. The molecule has 2 heterocycles. The summed E-state index contributed by atoms with van der Waals surface area (Å²) in [6, 6.07) is 0.514. The number of fused-ring (bicyclic) bond motifs is 1. The van der Waals surface area contributed by atoms with Gasteiger partial charge in [0.05, 0.1) is 12.0 Å². The zero-order valence-corrected chi connectivity index (χ0v) is 12.9. The highest BCUT2D eigenvalue weighted by atomic mass is 32.1. The third-order valence-corrected chi connectivity index (χ3v) is 5.44. The fourth-order valence-corrected chi connectivity index (χ4v) is 4.16. The van der Waals surface area contributed by atoms with Crippen molar-refractivity contribution in [2.24, 2.45) is 0 Å². The molecular formula is C15H21N3OS. The van der Waals surface area contributed by atoms with E-state index in [4.69, 9.17) is 0 Å². The van der Waals surface area contributed by atoms with Crippen LogP contribution >= 0.6 is 11.3 Å². The lowest BCUT2D eigenvalue weighted by Gasteiger charge is -2.30. The van der Waals surface area contributed by atoms with Gasteiger partial charge >= 0.3 is 0 Å². The molecule has 2 aromatic heterocycles. The minimum atomic E-state index is 0.171. The number of anilines is 1. The average Bonchev–Trinajstić information content (AvgIpc) is 3.06. The van der Waals surface area contributed by atoms with Gasteiger partial charge in [-0.15, -0.1) is 11.3 Å². The Balaban J connectivity index is 2.10. The first-order valence-corrected chi connectivity index (χ1v) is 8.12. The maximum absolute atomic E-state index is 9.42. The Kier molecular flexibility index (Phi) is 3.89. The molecule has 0 unspecified atom stereocenters. The first-order valence-electron chi connectivity index (χ1n) is 7.30. The van der Waals surface area contributed by atoms with Crippen molar-refractivity contribution in [1.82, 2.24) is 9.97 Å². The van der Waals surface area contributed by atoms with E-state index in [9.17, 15) is 5.11 Å². The molecule has 2 aromatic rings. The molecule has 1 saturated carbocycles. The van der Waals surface area contributed by atoms with Gasteiger partial charge in [-0.3, -0.25) is 0 Å². The number of hydrogen-bond acceptors (Lipinski definition) is 5. The standard InChI is InChI=1S/C15H21N3OS/c1-10-11(2)20-15-13(10)14(16-9-17-15)18(7-8-19)12-5-3-4-6-12/h9,12,19H,3-8H2,1-2H3. The Morgan fingerprint density at radius 1 is 1.30 bits per heavy atom. The van der Waals surface area contributed by atoms with Gasteiger partial charge in [-0.05, 0) is 32.3 Å². The smallest absolute Gasteiger partial charge is 0.141 e. The van der Waals surface area contributed by atoms with E-state index in [1.807, 2.05) is 0 Å². The summed E-state index contributed by atoms with van der Waals surface area (Å²) in [7, 11) is 0. The molecule has 1 fully saturated rings. The summed E-state index contributed by atoms with van der Waals surface area (Å²) >= 11 is 1.73. The van der Waals surface area contributed by atoms with Gasteiger partial charge in [-0.2, -0.15) is 0 Å². The highest BCUT2D eigenvalue weighted by Gasteiger charge is 2.26. The van der Waals surface area contributed by atoms with Crippen LogP contribution in [0.5, 0.6) is 0 Å². The quantitative estimate of drug-likeness (QED) is 0.940. The normalized spacial score (nSPS) is 16.1. The number of aromatic nitrogens is 2. The number of hydrogen-bond donors (Lipinski definition) is 1. The lowest BCUT2D eigenvalue weighted by Crippen LogP contribution is -2.36. The summed E-state index contributed by atoms with van der Waals surface area (Å²) in [6.45, 7) is 5.11. The number of aliphatic hydroxyl groups excluding tert-OH is 1. The molecule has 0 spiro atoms. The van der Waals surface area contributed by atoms with Gasteiger partial charge in [0, 0.05) is 17.5 Å². The van der Waals surface area contributed by atoms with Gasteiger partial charge in [-0.1, -0.05) is 12.8 Å². The second-order valence-electron chi connectivity index (χ2n) is 5.52. The lowest BCUT2D eigenvalue weighted by molar-refractivity contribution is 0.297. The van der Waals surface area contributed by atoms with E-state index in [0.717, 1.165) is 10.6 Å². The van der Waals surface area contributed by atoms with E-state index in [1.54, 1.807) is 17.7 Å². The Labute approximate surface area is 123 Å². The molecule has 0 atom stereocenters. The van der Waals surface area contributed by atoms with Crippen LogP contribution in [0.3, 0.4) is 0 Å². The van der Waals surface area contributed by atoms with Gasteiger partial charge in [0.1, 0.15) is 17.0 Å². The van der Waals surface area contributed by atoms with Crippen LogP contribution in [0.25, 0.3) is 10.2 Å². The van der Waals surface area contributed by atoms with Crippen molar-refractivity contribution in [3.63, 3.8) is 0 Å². The minimum Gasteiger partial charge on any atom is -0.395 e. The van der Waals surface area contributed by atoms with Crippen LogP contribution in [-0.2, 0) is 0 Å². The topological polar surface area (TPSA) is 49.2 Å². The molecule has 0 aromatic carbocycles. The van der Waals surface area contributed by atoms with Gasteiger partial charge in [0.2, 0.25) is 0 Å². The Morgan fingerprint density at radius 3 is 2.75 bits per heavy atom. The number of thiophene rings is 1. The number of rotatable bonds is 4. The highest BCUT2D eigenvalue weighted by Crippen LogP contribution is 2.36. The van der Waals surface area contributed by atoms with Crippen LogP contribution in [0.1, 0.15) is 36.1 Å². The number of aliphatic hydroxyl groups is 1. The Hall–Kier alpha value is -1.20. The molecule has 0 amide bonds. The fourth-order valence-electron chi connectivity index (χ4n) is 3.17. The molecule has 3 rings (SSSR count). The predicted molar refractivity (Wildman–Crippen MR) is 83.6 cm³/mol. The third-order valence-electron chi connectivity index (χ3n) is 4.32. The van der Waals surface area contributed by atoms with E-state index < -0.39 is 0 Å². The molecule has 108 valence electrons. The molecule has 5 heteroatoms. The Morgan fingerprint density at radius 2 is 2.05 bits per heavy atom. The van der Waals surface area contributed by atoms with E-state index >= 15 is 0 Å². The maximum atomic E-state index is 9.42. The molecular weight excluding hydrogens is 270 g/mol. The predicted octanol–water partition coefficient (Wildman–Crippen LogP) is 3.05. The van der Waals surface area contributed by atoms with Gasteiger partial charge in [0.25, 0.3) is 0 Å². The van der Waals surface area contributed by atoms with Crippen LogP contribution in [0.2, 0.25) is 0 Å². The van der Waals surface area contributed by atoms with Crippen molar-refractivity contribution >= 4 is 27.4 Å². The van der Waals surface area contributed by atoms with Crippen molar-refractivity contribution in [2.45, 2.75) is 45.6 Å². The zero-order valence-electron chi connectivity index (χ0n) is 12.1. The molecule has 1 N–H and O–H groups in total. The van der Waals surface area contributed by atoms with Gasteiger partial charge in [-0.25, -0.2) is 9.97 Å². The summed E-state index contributed by atoms with van der Waals surface area (Å²) in [5, 5.41) is 10.6. The molecule has 20 heavy (non-hydrogen) atoms. The monoisotopic (exact) mass is 291 g/mol. The number of nitrogens with zero attached hydrogens (tertiary/aromatic N) is 3. The average molecular weight is 291 g/mol. The second kappa shape index (κ2) is 5.66. The molecule has 0 saturated heterocycles. The van der Waals surface area contributed by atoms with Crippen molar-refractivity contribution in [3.05, 3.63) is 16.8 Å². The molecule has 1 aliphatic carbocycles. The molecule has 4 nitrogen and oxygen atoms in total. The molecule has 0 radical (unpaired) electrons. The summed E-state index contributed by atoms with van der Waals surface area (Å²) in [6.07, 6.45) is 6.62. The van der Waals surface area contributed by atoms with Crippen LogP contribution in [0.4, 0.5) is 5.82 Å². The van der Waals surface area contributed by atoms with Gasteiger partial charge < -0.3 is 10.0 Å². The van der Waals surface area contributed by atoms with Crippen LogP contribution < -0.4 is 4.90 Å². The van der Waals surface area contributed by atoms with E-state index in [0.29, 0.717) is 12.6 Å². The zero-order chi connectivity index (χ0) is 14.1. The first-order chi connectivity index (χ1) is 9.72. The largest absolute Gasteiger partial charge is 0.395 e. The van der Waals surface area contributed by atoms with Crippen molar-refractivity contribution in [2.75, 3.05) is 18.1 Å². The summed E-state index contributed by atoms with van der Waals surface area (Å²) < 4.78 is 0. The summed E-state index contributed by atoms with van der Waals surface area (Å²) in [5.74, 6) is 1.01. The van der Waals surface area contributed by atoms with Crippen LogP contribution in [0.15, 0.2) is 6.33 Å². The van der Waals surface area contributed by atoms with Crippen LogP contribution in [-0.4, -0.2) is 34.3 Å². The van der Waals surface area contributed by atoms with E-state index in [2.05, 4.69) is 28.7 Å². The Bertz CT molecular complexity index is 604.